The van der Waals surface area contributed by atoms with E-state index in [4.69, 9.17) is 23.2 Å². The van der Waals surface area contributed by atoms with Crippen LogP contribution < -0.4 is 5.32 Å². The fourth-order valence-corrected chi connectivity index (χ4v) is 3.59. The number of carbonyl (C=O) groups is 1. The number of hydrogen-bond acceptors (Lipinski definition) is 3. The summed E-state index contributed by atoms with van der Waals surface area (Å²) in [5.74, 6) is 0.0189. The van der Waals surface area contributed by atoms with Gasteiger partial charge in [0.15, 0.2) is 0 Å². The summed E-state index contributed by atoms with van der Waals surface area (Å²) in [5.41, 5.74) is 2.13. The van der Waals surface area contributed by atoms with Crippen LogP contribution in [0.1, 0.15) is 17.2 Å². The molecule has 3 rings (SSSR count). The van der Waals surface area contributed by atoms with Crippen molar-refractivity contribution in [3.8, 4) is 0 Å². The van der Waals surface area contributed by atoms with Crippen molar-refractivity contribution >= 4 is 41.5 Å². The molecule has 1 amide bonds. The maximum atomic E-state index is 12.4. The van der Waals surface area contributed by atoms with Gasteiger partial charge in [0.2, 0.25) is 5.91 Å². The van der Waals surface area contributed by atoms with Crippen molar-refractivity contribution in [3.63, 3.8) is 0 Å². The molecule has 2 aromatic rings. The van der Waals surface area contributed by atoms with Gasteiger partial charge in [0.05, 0.1) is 12.5 Å². The van der Waals surface area contributed by atoms with E-state index in [1.807, 2.05) is 36.4 Å². The minimum atomic E-state index is 0. The molecule has 2 aromatic carbocycles. The normalized spacial score (nSPS) is 16.2. The first-order chi connectivity index (χ1) is 13.0. The predicted molar refractivity (Wildman–Crippen MR) is 119 cm³/mol. The number of amides is 1. The van der Waals surface area contributed by atoms with Crippen molar-refractivity contribution in [1.29, 1.82) is 0 Å². The lowest BCUT2D eigenvalue weighted by Crippen LogP contribution is -2.48. The summed E-state index contributed by atoms with van der Waals surface area (Å²) in [4.78, 5) is 17.2. The quantitative estimate of drug-likeness (QED) is 0.733. The van der Waals surface area contributed by atoms with Crippen LogP contribution in [-0.2, 0) is 11.2 Å². The van der Waals surface area contributed by atoms with E-state index < -0.39 is 0 Å². The molecule has 1 N–H and O–H groups in total. The average molecular weight is 443 g/mol. The van der Waals surface area contributed by atoms with Crippen molar-refractivity contribution in [2.45, 2.75) is 12.5 Å². The molecule has 0 radical (unpaired) electrons. The predicted octanol–water partition coefficient (Wildman–Crippen LogP) is 4.06. The molecule has 0 spiro atoms. The molecule has 7 heteroatoms. The maximum Gasteiger partial charge on any atom is 0.224 e. The van der Waals surface area contributed by atoms with Crippen LogP contribution in [0.15, 0.2) is 48.5 Å². The van der Waals surface area contributed by atoms with E-state index >= 15 is 0 Å². The molecule has 1 aliphatic rings. The summed E-state index contributed by atoms with van der Waals surface area (Å²) < 4.78 is 0. The third kappa shape index (κ3) is 6.64. The van der Waals surface area contributed by atoms with Crippen molar-refractivity contribution in [2.24, 2.45) is 0 Å². The molecule has 4 nitrogen and oxygen atoms in total. The van der Waals surface area contributed by atoms with Crippen LogP contribution in [-0.4, -0.2) is 55.5 Å². The molecule has 152 valence electrons. The number of likely N-dealkylation sites (N-methyl/N-ethyl adjacent to an activating group) is 1. The maximum absolute atomic E-state index is 12.4. The highest BCUT2D eigenvalue weighted by molar-refractivity contribution is 6.30. The average Bonchev–Trinajstić information content (AvgIpc) is 2.66. The topological polar surface area (TPSA) is 35.6 Å². The molecule has 1 saturated heterocycles. The number of halogens is 3. The number of hydrogen-bond donors (Lipinski definition) is 1. The molecule has 0 aliphatic carbocycles. The van der Waals surface area contributed by atoms with Crippen LogP contribution in [0.5, 0.6) is 0 Å². The van der Waals surface area contributed by atoms with Crippen molar-refractivity contribution in [3.05, 3.63) is 69.7 Å². The zero-order chi connectivity index (χ0) is 19.2. The summed E-state index contributed by atoms with van der Waals surface area (Å²) in [6.07, 6.45) is 0.354. The number of carbonyl (C=O) groups excluding carboxylic acids is 1. The lowest BCUT2D eigenvalue weighted by atomic mass is 10.0. The van der Waals surface area contributed by atoms with Crippen molar-refractivity contribution < 1.29 is 4.79 Å². The highest BCUT2D eigenvalue weighted by Gasteiger charge is 2.24. The van der Waals surface area contributed by atoms with Gasteiger partial charge in [0.1, 0.15) is 0 Å². The molecule has 0 bridgehead atoms. The van der Waals surface area contributed by atoms with Crippen LogP contribution in [0.25, 0.3) is 0 Å². The molecule has 1 fully saturated rings. The summed E-state index contributed by atoms with van der Waals surface area (Å²) in [5, 5.41) is 4.51. The fourth-order valence-electron chi connectivity index (χ4n) is 3.34. The van der Waals surface area contributed by atoms with Gasteiger partial charge >= 0.3 is 0 Å². The SMILES string of the molecule is CN1CCN(C(CNC(=O)Cc2ccc(Cl)cc2)c2ccc(Cl)cc2)CC1.Cl. The number of nitrogens with zero attached hydrogens (tertiary/aromatic N) is 2. The van der Waals surface area contributed by atoms with Crippen LogP contribution in [0, 0.1) is 0 Å². The second-order valence-electron chi connectivity index (χ2n) is 7.01. The smallest absolute Gasteiger partial charge is 0.224 e. The van der Waals surface area contributed by atoms with Gasteiger partial charge in [-0.2, -0.15) is 0 Å². The van der Waals surface area contributed by atoms with Gasteiger partial charge in [-0.3, -0.25) is 9.69 Å². The van der Waals surface area contributed by atoms with E-state index in [0.29, 0.717) is 18.0 Å². The van der Waals surface area contributed by atoms with Gasteiger partial charge in [-0.25, -0.2) is 0 Å². The van der Waals surface area contributed by atoms with E-state index in [9.17, 15) is 4.79 Å². The summed E-state index contributed by atoms with van der Waals surface area (Å²) >= 11 is 12.0. The highest BCUT2D eigenvalue weighted by atomic mass is 35.5. The molecular weight excluding hydrogens is 417 g/mol. The molecule has 28 heavy (non-hydrogen) atoms. The Hall–Kier alpha value is -1.30. The first-order valence-electron chi connectivity index (χ1n) is 9.20. The summed E-state index contributed by atoms with van der Waals surface area (Å²) in [6.45, 7) is 4.61. The highest BCUT2D eigenvalue weighted by Crippen LogP contribution is 2.23. The Labute approximate surface area is 183 Å². The van der Waals surface area contributed by atoms with E-state index in [1.54, 1.807) is 0 Å². The second-order valence-corrected chi connectivity index (χ2v) is 7.89. The van der Waals surface area contributed by atoms with Crippen LogP contribution in [0.4, 0.5) is 0 Å². The Kier molecular flexibility index (Phi) is 9.06. The first-order valence-corrected chi connectivity index (χ1v) is 9.96. The summed E-state index contributed by atoms with van der Waals surface area (Å²) in [7, 11) is 2.14. The molecule has 1 heterocycles. The Morgan fingerprint density at radius 1 is 0.964 bits per heavy atom. The van der Waals surface area contributed by atoms with Crippen LogP contribution in [0.3, 0.4) is 0 Å². The zero-order valence-corrected chi connectivity index (χ0v) is 18.2. The van der Waals surface area contributed by atoms with Gasteiger partial charge in [-0.15, -0.1) is 12.4 Å². The molecule has 0 aromatic heterocycles. The van der Waals surface area contributed by atoms with E-state index in [2.05, 4.69) is 34.3 Å². The molecule has 0 saturated carbocycles. The van der Waals surface area contributed by atoms with Gasteiger partial charge in [0, 0.05) is 42.8 Å². The number of benzene rings is 2. The lowest BCUT2D eigenvalue weighted by Gasteiger charge is -2.38. The van der Waals surface area contributed by atoms with Gasteiger partial charge in [0.25, 0.3) is 0 Å². The number of piperazine rings is 1. The van der Waals surface area contributed by atoms with Crippen molar-refractivity contribution in [2.75, 3.05) is 39.8 Å². The monoisotopic (exact) mass is 441 g/mol. The van der Waals surface area contributed by atoms with E-state index in [1.165, 1.54) is 5.56 Å². The van der Waals surface area contributed by atoms with Crippen LogP contribution >= 0.6 is 35.6 Å². The number of nitrogens with one attached hydrogen (secondary N) is 1. The van der Waals surface area contributed by atoms with E-state index in [0.717, 1.165) is 36.8 Å². The Balaban J connectivity index is 0.00000280. The Morgan fingerprint density at radius 3 is 2.07 bits per heavy atom. The molecule has 1 unspecified atom stereocenters. The Bertz CT molecular complexity index is 744. The zero-order valence-electron chi connectivity index (χ0n) is 15.9. The largest absolute Gasteiger partial charge is 0.354 e. The second kappa shape index (κ2) is 11.0. The van der Waals surface area contributed by atoms with Crippen molar-refractivity contribution in [1.82, 2.24) is 15.1 Å². The third-order valence-electron chi connectivity index (χ3n) is 5.00. The molecule has 1 aliphatic heterocycles. The minimum absolute atomic E-state index is 0. The van der Waals surface area contributed by atoms with Gasteiger partial charge < -0.3 is 10.2 Å². The molecular formula is C21H26Cl3N3O. The lowest BCUT2D eigenvalue weighted by molar-refractivity contribution is -0.120. The van der Waals surface area contributed by atoms with Gasteiger partial charge in [-0.1, -0.05) is 47.5 Å². The minimum Gasteiger partial charge on any atom is -0.354 e. The summed E-state index contributed by atoms with van der Waals surface area (Å²) in [6, 6.07) is 15.5. The number of rotatable bonds is 6. The van der Waals surface area contributed by atoms with Gasteiger partial charge in [-0.05, 0) is 42.4 Å². The van der Waals surface area contributed by atoms with Crippen LogP contribution in [0.2, 0.25) is 10.0 Å². The first kappa shape index (κ1) is 23.0. The Morgan fingerprint density at radius 2 is 1.50 bits per heavy atom. The van der Waals surface area contributed by atoms with E-state index in [-0.39, 0.29) is 24.4 Å². The molecule has 1 atom stereocenters. The third-order valence-corrected chi connectivity index (χ3v) is 5.51. The fraction of sp³-hybridized carbons (Fsp3) is 0.381. The standard InChI is InChI=1S/C21H25Cl2N3O.ClH/c1-25-10-12-26(13-11-25)20(17-4-8-19(23)9-5-17)15-24-21(27)14-16-2-6-18(22)7-3-16;/h2-9,20H,10-15H2,1H3,(H,24,27);1H.